The molecule has 0 fully saturated rings. The zero-order chi connectivity index (χ0) is 13.1. The van der Waals surface area contributed by atoms with Gasteiger partial charge in [0.15, 0.2) is 0 Å². The van der Waals surface area contributed by atoms with Crippen LogP contribution in [0.1, 0.15) is 26.3 Å². The summed E-state index contributed by atoms with van der Waals surface area (Å²) in [6, 6.07) is 5.54. The fraction of sp³-hybridized carbons (Fsp3) is 0.462. The Morgan fingerprint density at radius 1 is 1.35 bits per heavy atom. The summed E-state index contributed by atoms with van der Waals surface area (Å²) < 4.78 is 0. The van der Waals surface area contributed by atoms with Crippen LogP contribution in [0.4, 0.5) is 5.69 Å². The Labute approximate surface area is 108 Å². The van der Waals surface area contributed by atoms with E-state index in [0.717, 1.165) is 5.56 Å². The van der Waals surface area contributed by atoms with Gasteiger partial charge in [-0.25, -0.2) is 0 Å². The Morgan fingerprint density at radius 3 is 2.53 bits per heavy atom. The number of nitrogens with one attached hydrogen (secondary N) is 2. The molecule has 0 saturated carbocycles. The average Bonchev–Trinajstić information content (AvgIpc) is 2.20. The highest BCUT2D eigenvalue weighted by molar-refractivity contribution is 6.33. The number of benzene rings is 1. The second kappa shape index (κ2) is 5.52. The summed E-state index contributed by atoms with van der Waals surface area (Å²) in [6.07, 6.45) is 0. The van der Waals surface area contributed by atoms with Crippen LogP contribution >= 0.6 is 11.6 Å². The van der Waals surface area contributed by atoms with Crippen LogP contribution < -0.4 is 10.6 Å². The van der Waals surface area contributed by atoms with Gasteiger partial charge in [-0.2, -0.15) is 0 Å². The first-order valence-electron chi connectivity index (χ1n) is 5.59. The third-order valence-electron chi connectivity index (χ3n) is 2.27. The maximum absolute atomic E-state index is 11.7. The van der Waals surface area contributed by atoms with Crippen molar-refractivity contribution in [1.29, 1.82) is 0 Å². The van der Waals surface area contributed by atoms with Crippen molar-refractivity contribution in [3.63, 3.8) is 0 Å². The standard InChI is InChI=1S/C13H19ClN2O/c1-9-6-5-7-10(14)12(9)16-11(17)8-15-13(2,3)4/h5-7,15H,8H2,1-4H3,(H,16,17). The van der Waals surface area contributed by atoms with Gasteiger partial charge in [-0.3, -0.25) is 4.79 Å². The quantitative estimate of drug-likeness (QED) is 0.871. The van der Waals surface area contributed by atoms with Gasteiger partial charge < -0.3 is 10.6 Å². The third kappa shape index (κ3) is 4.75. The summed E-state index contributed by atoms with van der Waals surface area (Å²) in [5.41, 5.74) is 1.57. The fourth-order valence-corrected chi connectivity index (χ4v) is 1.59. The minimum absolute atomic E-state index is 0.0765. The van der Waals surface area contributed by atoms with Crippen LogP contribution in [-0.2, 0) is 4.79 Å². The Morgan fingerprint density at radius 2 is 2.00 bits per heavy atom. The Hall–Kier alpha value is -1.06. The van der Waals surface area contributed by atoms with Crippen LogP contribution in [-0.4, -0.2) is 18.0 Å². The smallest absolute Gasteiger partial charge is 0.238 e. The normalized spacial score (nSPS) is 11.4. The largest absolute Gasteiger partial charge is 0.323 e. The summed E-state index contributed by atoms with van der Waals surface area (Å²) in [7, 11) is 0. The fourth-order valence-electron chi connectivity index (χ4n) is 1.32. The molecule has 1 aromatic rings. The molecule has 1 amide bonds. The van der Waals surface area contributed by atoms with E-state index in [0.29, 0.717) is 10.7 Å². The molecule has 0 radical (unpaired) electrons. The Balaban J connectivity index is 2.63. The summed E-state index contributed by atoms with van der Waals surface area (Å²) >= 11 is 6.03. The molecule has 3 nitrogen and oxygen atoms in total. The van der Waals surface area contributed by atoms with Crippen LogP contribution in [0, 0.1) is 6.92 Å². The van der Waals surface area contributed by atoms with Crippen LogP contribution in [0.5, 0.6) is 0 Å². The monoisotopic (exact) mass is 254 g/mol. The number of halogens is 1. The van der Waals surface area contributed by atoms with Crippen LogP contribution in [0.15, 0.2) is 18.2 Å². The molecule has 0 heterocycles. The van der Waals surface area contributed by atoms with E-state index in [1.54, 1.807) is 6.07 Å². The predicted octanol–water partition coefficient (Wildman–Crippen LogP) is 2.98. The number of hydrogen-bond acceptors (Lipinski definition) is 2. The van der Waals surface area contributed by atoms with Crippen molar-refractivity contribution in [3.8, 4) is 0 Å². The van der Waals surface area contributed by atoms with E-state index in [-0.39, 0.29) is 18.0 Å². The number of rotatable bonds is 3. The maximum Gasteiger partial charge on any atom is 0.238 e. The van der Waals surface area contributed by atoms with Gasteiger partial charge in [0.1, 0.15) is 0 Å². The van der Waals surface area contributed by atoms with Crippen LogP contribution in [0.25, 0.3) is 0 Å². The lowest BCUT2D eigenvalue weighted by Crippen LogP contribution is -2.41. The second-order valence-electron chi connectivity index (χ2n) is 5.08. The number of amides is 1. The first-order valence-corrected chi connectivity index (χ1v) is 5.97. The molecule has 94 valence electrons. The first-order chi connectivity index (χ1) is 7.79. The molecule has 0 unspecified atom stereocenters. The molecule has 0 aliphatic carbocycles. The van der Waals surface area contributed by atoms with Crippen molar-refractivity contribution in [2.75, 3.05) is 11.9 Å². The van der Waals surface area contributed by atoms with Crippen molar-refractivity contribution >= 4 is 23.2 Å². The molecule has 1 aromatic carbocycles. The van der Waals surface area contributed by atoms with E-state index in [9.17, 15) is 4.79 Å². The minimum atomic E-state index is -0.0869. The van der Waals surface area contributed by atoms with Gasteiger partial charge in [0, 0.05) is 5.54 Å². The number of para-hydroxylation sites is 1. The van der Waals surface area contributed by atoms with Crippen molar-refractivity contribution in [2.45, 2.75) is 33.2 Å². The van der Waals surface area contributed by atoms with Gasteiger partial charge >= 0.3 is 0 Å². The van der Waals surface area contributed by atoms with Crippen molar-refractivity contribution in [2.24, 2.45) is 0 Å². The van der Waals surface area contributed by atoms with Gasteiger partial charge in [-0.1, -0.05) is 23.7 Å². The molecule has 0 spiro atoms. The van der Waals surface area contributed by atoms with E-state index >= 15 is 0 Å². The van der Waals surface area contributed by atoms with E-state index < -0.39 is 0 Å². The molecule has 17 heavy (non-hydrogen) atoms. The lowest BCUT2D eigenvalue weighted by molar-refractivity contribution is -0.115. The first kappa shape index (κ1) is 14.0. The molecule has 2 N–H and O–H groups in total. The summed E-state index contributed by atoms with van der Waals surface area (Å²) in [6.45, 7) is 8.23. The molecule has 0 aliphatic rings. The predicted molar refractivity (Wildman–Crippen MR) is 72.6 cm³/mol. The number of carbonyl (C=O) groups excluding carboxylic acids is 1. The molecule has 0 bridgehead atoms. The molecule has 0 saturated heterocycles. The highest BCUT2D eigenvalue weighted by Gasteiger charge is 2.12. The van der Waals surface area contributed by atoms with Gasteiger partial charge in [0.05, 0.1) is 17.3 Å². The van der Waals surface area contributed by atoms with Crippen molar-refractivity contribution < 1.29 is 4.79 Å². The molecular weight excluding hydrogens is 236 g/mol. The van der Waals surface area contributed by atoms with Gasteiger partial charge in [0.25, 0.3) is 0 Å². The summed E-state index contributed by atoms with van der Waals surface area (Å²) in [5, 5.41) is 6.51. The molecular formula is C13H19ClN2O. The average molecular weight is 255 g/mol. The zero-order valence-corrected chi connectivity index (χ0v) is 11.5. The number of carbonyl (C=O) groups is 1. The molecule has 4 heteroatoms. The van der Waals surface area contributed by atoms with E-state index in [1.165, 1.54) is 0 Å². The van der Waals surface area contributed by atoms with Crippen molar-refractivity contribution in [1.82, 2.24) is 5.32 Å². The zero-order valence-electron chi connectivity index (χ0n) is 10.7. The van der Waals surface area contributed by atoms with Crippen LogP contribution in [0.3, 0.4) is 0 Å². The topological polar surface area (TPSA) is 41.1 Å². The molecule has 0 atom stereocenters. The molecule has 1 rings (SSSR count). The van der Waals surface area contributed by atoms with Crippen molar-refractivity contribution in [3.05, 3.63) is 28.8 Å². The minimum Gasteiger partial charge on any atom is -0.323 e. The number of anilines is 1. The van der Waals surface area contributed by atoms with E-state index in [4.69, 9.17) is 11.6 Å². The molecule has 0 aromatic heterocycles. The Bertz CT molecular complexity index is 390. The van der Waals surface area contributed by atoms with E-state index in [1.807, 2.05) is 39.8 Å². The SMILES string of the molecule is Cc1cccc(Cl)c1NC(=O)CNC(C)(C)C. The lowest BCUT2D eigenvalue weighted by Gasteiger charge is -2.20. The summed E-state index contributed by atoms with van der Waals surface area (Å²) in [5.74, 6) is -0.0869. The summed E-state index contributed by atoms with van der Waals surface area (Å²) in [4.78, 5) is 11.7. The van der Waals surface area contributed by atoms with Gasteiger partial charge in [-0.05, 0) is 39.3 Å². The Kier molecular flexibility index (Phi) is 4.54. The maximum atomic E-state index is 11.7. The second-order valence-corrected chi connectivity index (χ2v) is 5.49. The van der Waals surface area contributed by atoms with Crippen LogP contribution in [0.2, 0.25) is 5.02 Å². The molecule has 0 aliphatic heterocycles. The lowest BCUT2D eigenvalue weighted by atomic mass is 10.1. The number of aryl methyl sites for hydroxylation is 1. The third-order valence-corrected chi connectivity index (χ3v) is 2.58. The number of hydrogen-bond donors (Lipinski definition) is 2. The highest BCUT2D eigenvalue weighted by Crippen LogP contribution is 2.24. The van der Waals surface area contributed by atoms with Gasteiger partial charge in [-0.15, -0.1) is 0 Å². The van der Waals surface area contributed by atoms with Gasteiger partial charge in [0.2, 0.25) is 5.91 Å². The highest BCUT2D eigenvalue weighted by atomic mass is 35.5. The van der Waals surface area contributed by atoms with E-state index in [2.05, 4.69) is 10.6 Å².